The second-order valence-corrected chi connectivity index (χ2v) is 8.41. The highest BCUT2D eigenvalue weighted by atomic mass is 16.5. The van der Waals surface area contributed by atoms with E-state index in [0.29, 0.717) is 25.4 Å². The molecule has 0 aliphatic carbocycles. The average molecular weight is 409 g/mol. The average Bonchev–Trinajstić information content (AvgIpc) is 3.11. The van der Waals surface area contributed by atoms with Crippen molar-refractivity contribution < 1.29 is 14.3 Å². The van der Waals surface area contributed by atoms with Gasteiger partial charge in [0.2, 0.25) is 5.91 Å². The predicted octanol–water partition coefficient (Wildman–Crippen LogP) is 4.32. The molecule has 30 heavy (non-hydrogen) atoms. The van der Waals surface area contributed by atoms with E-state index >= 15 is 0 Å². The van der Waals surface area contributed by atoms with Gasteiger partial charge in [0.15, 0.2) is 6.10 Å². The molecule has 1 saturated heterocycles. The summed E-state index contributed by atoms with van der Waals surface area (Å²) in [4.78, 5) is 26.2. The molecule has 2 amide bonds. The van der Waals surface area contributed by atoms with Crippen LogP contribution in [0.1, 0.15) is 61.8 Å². The molecule has 5 heteroatoms. The third-order valence-corrected chi connectivity index (χ3v) is 5.50. The van der Waals surface area contributed by atoms with Crippen LogP contribution in [0.5, 0.6) is 5.75 Å². The van der Waals surface area contributed by atoms with Crippen molar-refractivity contribution in [3.05, 3.63) is 64.7 Å². The number of rotatable bonds is 8. The standard InChI is InChI=1S/C25H32N2O3/c1-17(2)22-12-7-18(3)14-23(22)30-19(4)25(29)26-15-20-8-10-21(11-9-20)16-27-13-5-6-24(27)28/h7-12,14,17,19H,5-6,13,15-16H2,1-4H3,(H,26,29)/t19-/m0/s1. The largest absolute Gasteiger partial charge is 0.481 e. The van der Waals surface area contributed by atoms with Crippen LogP contribution in [-0.2, 0) is 22.7 Å². The number of nitrogens with one attached hydrogen (secondary N) is 1. The van der Waals surface area contributed by atoms with E-state index in [0.717, 1.165) is 41.0 Å². The molecule has 1 N–H and O–H groups in total. The number of hydrogen-bond acceptors (Lipinski definition) is 3. The summed E-state index contributed by atoms with van der Waals surface area (Å²) >= 11 is 0. The van der Waals surface area contributed by atoms with Crippen LogP contribution in [-0.4, -0.2) is 29.4 Å². The van der Waals surface area contributed by atoms with E-state index in [1.165, 1.54) is 0 Å². The van der Waals surface area contributed by atoms with Crippen molar-refractivity contribution in [3.8, 4) is 5.75 Å². The summed E-state index contributed by atoms with van der Waals surface area (Å²) in [6.45, 7) is 9.97. The molecule has 2 aromatic rings. The van der Waals surface area contributed by atoms with Gasteiger partial charge in [-0.25, -0.2) is 0 Å². The summed E-state index contributed by atoms with van der Waals surface area (Å²) in [6.07, 6.45) is 1.03. The molecule has 1 atom stereocenters. The van der Waals surface area contributed by atoms with Crippen molar-refractivity contribution in [2.45, 2.75) is 65.6 Å². The number of benzene rings is 2. The van der Waals surface area contributed by atoms with Crippen molar-refractivity contribution in [2.24, 2.45) is 0 Å². The Hall–Kier alpha value is -2.82. The lowest BCUT2D eigenvalue weighted by molar-refractivity contribution is -0.128. The number of ether oxygens (including phenoxy) is 1. The van der Waals surface area contributed by atoms with E-state index in [1.807, 2.05) is 42.2 Å². The molecule has 5 nitrogen and oxygen atoms in total. The van der Waals surface area contributed by atoms with Gasteiger partial charge in [0.1, 0.15) is 5.75 Å². The molecule has 2 aromatic carbocycles. The number of likely N-dealkylation sites (tertiary alicyclic amines) is 1. The van der Waals surface area contributed by atoms with Gasteiger partial charge in [0.05, 0.1) is 0 Å². The first-order valence-electron chi connectivity index (χ1n) is 10.7. The third kappa shape index (κ3) is 5.62. The topological polar surface area (TPSA) is 58.6 Å². The molecule has 0 bridgehead atoms. The van der Waals surface area contributed by atoms with Crippen LogP contribution in [0.2, 0.25) is 0 Å². The summed E-state index contributed by atoms with van der Waals surface area (Å²) < 4.78 is 5.99. The lowest BCUT2D eigenvalue weighted by Crippen LogP contribution is -2.36. The van der Waals surface area contributed by atoms with E-state index in [2.05, 4.69) is 31.3 Å². The number of hydrogen-bond donors (Lipinski definition) is 1. The quantitative estimate of drug-likeness (QED) is 0.707. The van der Waals surface area contributed by atoms with Crippen LogP contribution >= 0.6 is 0 Å². The lowest BCUT2D eigenvalue weighted by atomic mass is 10.0. The number of carbonyl (C=O) groups excluding carboxylic acids is 2. The highest BCUT2D eigenvalue weighted by Crippen LogP contribution is 2.28. The first-order valence-corrected chi connectivity index (χ1v) is 10.7. The molecule has 1 heterocycles. The Morgan fingerprint density at radius 2 is 1.80 bits per heavy atom. The van der Waals surface area contributed by atoms with Crippen molar-refractivity contribution in [1.29, 1.82) is 0 Å². The van der Waals surface area contributed by atoms with Gasteiger partial charge >= 0.3 is 0 Å². The smallest absolute Gasteiger partial charge is 0.261 e. The van der Waals surface area contributed by atoms with E-state index in [1.54, 1.807) is 6.92 Å². The van der Waals surface area contributed by atoms with Gasteiger partial charge in [-0.15, -0.1) is 0 Å². The maximum Gasteiger partial charge on any atom is 0.261 e. The molecule has 0 saturated carbocycles. The molecule has 160 valence electrons. The maximum atomic E-state index is 12.5. The van der Waals surface area contributed by atoms with Gasteiger partial charge in [-0.3, -0.25) is 9.59 Å². The van der Waals surface area contributed by atoms with Crippen LogP contribution in [0.15, 0.2) is 42.5 Å². The first kappa shape index (κ1) is 21.9. The van der Waals surface area contributed by atoms with Crippen molar-refractivity contribution in [2.75, 3.05) is 6.54 Å². The molecular formula is C25H32N2O3. The predicted molar refractivity (Wildman–Crippen MR) is 118 cm³/mol. The molecule has 1 aliphatic rings. The first-order chi connectivity index (χ1) is 14.3. The second kappa shape index (κ2) is 9.79. The fraction of sp³-hybridized carbons (Fsp3) is 0.440. The Kier molecular flexibility index (Phi) is 7.14. The highest BCUT2D eigenvalue weighted by Gasteiger charge is 2.20. The van der Waals surface area contributed by atoms with E-state index in [9.17, 15) is 9.59 Å². The fourth-order valence-electron chi connectivity index (χ4n) is 3.65. The minimum atomic E-state index is -0.579. The Morgan fingerprint density at radius 1 is 1.10 bits per heavy atom. The zero-order valence-corrected chi connectivity index (χ0v) is 18.4. The number of amides is 2. The molecule has 3 rings (SSSR count). The molecule has 1 fully saturated rings. The van der Waals surface area contributed by atoms with Crippen LogP contribution in [0.3, 0.4) is 0 Å². The maximum absolute atomic E-state index is 12.5. The molecule has 0 aromatic heterocycles. The van der Waals surface area contributed by atoms with Gasteiger partial charge in [0, 0.05) is 26.1 Å². The van der Waals surface area contributed by atoms with E-state index in [4.69, 9.17) is 4.74 Å². The minimum Gasteiger partial charge on any atom is -0.481 e. The van der Waals surface area contributed by atoms with Crippen LogP contribution in [0.4, 0.5) is 0 Å². The molecular weight excluding hydrogens is 376 g/mol. The molecule has 0 unspecified atom stereocenters. The van der Waals surface area contributed by atoms with Crippen LogP contribution in [0.25, 0.3) is 0 Å². The Balaban J connectivity index is 1.52. The zero-order valence-electron chi connectivity index (χ0n) is 18.4. The second-order valence-electron chi connectivity index (χ2n) is 8.41. The Labute approximate surface area is 179 Å². The third-order valence-electron chi connectivity index (χ3n) is 5.50. The Bertz CT molecular complexity index is 890. The summed E-state index contributed by atoms with van der Waals surface area (Å²) in [5, 5.41) is 2.95. The van der Waals surface area contributed by atoms with Gasteiger partial charge in [-0.1, -0.05) is 50.2 Å². The van der Waals surface area contributed by atoms with Crippen LogP contribution < -0.4 is 10.1 Å². The summed E-state index contributed by atoms with van der Waals surface area (Å²) in [5.41, 5.74) is 4.34. The number of nitrogens with zero attached hydrogens (tertiary/aromatic N) is 1. The lowest BCUT2D eigenvalue weighted by Gasteiger charge is -2.19. The monoisotopic (exact) mass is 408 g/mol. The molecule has 1 aliphatic heterocycles. The van der Waals surface area contributed by atoms with Gasteiger partial charge in [-0.05, 0) is 54.5 Å². The van der Waals surface area contributed by atoms with Crippen molar-refractivity contribution in [3.63, 3.8) is 0 Å². The van der Waals surface area contributed by atoms with Crippen LogP contribution in [0, 0.1) is 6.92 Å². The van der Waals surface area contributed by atoms with E-state index in [-0.39, 0.29) is 11.8 Å². The fourth-order valence-corrected chi connectivity index (χ4v) is 3.65. The minimum absolute atomic E-state index is 0.141. The highest BCUT2D eigenvalue weighted by molar-refractivity contribution is 5.80. The SMILES string of the molecule is Cc1ccc(C(C)C)c(O[C@@H](C)C(=O)NCc2ccc(CN3CCCC3=O)cc2)c1. The Morgan fingerprint density at radius 3 is 2.43 bits per heavy atom. The zero-order chi connectivity index (χ0) is 21.7. The van der Waals surface area contributed by atoms with Crippen molar-refractivity contribution in [1.82, 2.24) is 10.2 Å². The summed E-state index contributed by atoms with van der Waals surface area (Å²) in [7, 11) is 0. The summed E-state index contributed by atoms with van der Waals surface area (Å²) in [6, 6.07) is 14.2. The number of aryl methyl sites for hydroxylation is 1. The molecule has 0 spiro atoms. The van der Waals surface area contributed by atoms with Gasteiger partial charge < -0.3 is 15.0 Å². The summed E-state index contributed by atoms with van der Waals surface area (Å²) in [5.74, 6) is 1.19. The van der Waals surface area contributed by atoms with Gasteiger partial charge in [-0.2, -0.15) is 0 Å². The molecule has 0 radical (unpaired) electrons. The van der Waals surface area contributed by atoms with Crippen molar-refractivity contribution >= 4 is 11.8 Å². The normalized spacial score (nSPS) is 14.8. The van der Waals surface area contributed by atoms with Gasteiger partial charge in [0.25, 0.3) is 5.91 Å². The van der Waals surface area contributed by atoms with E-state index < -0.39 is 6.10 Å². The number of carbonyl (C=O) groups is 2.